The fourth-order valence-electron chi connectivity index (χ4n) is 1.38. The maximum atomic E-state index is 11.3. The molecule has 0 unspecified atom stereocenters. The number of hydrogen-bond acceptors (Lipinski definition) is 4. The third kappa shape index (κ3) is 2.62. The second-order valence-corrected chi connectivity index (χ2v) is 5.84. The number of hydrogen-bond donors (Lipinski definition) is 1. The maximum Gasteiger partial charge on any atom is 0.239 e. The summed E-state index contributed by atoms with van der Waals surface area (Å²) >= 11 is 10.6. The Morgan fingerprint density at radius 2 is 2.40 bits per heavy atom. The zero-order valence-corrected chi connectivity index (χ0v) is 11.0. The van der Waals surface area contributed by atoms with Crippen molar-refractivity contribution in [3.05, 3.63) is 8.94 Å². The number of anilines is 1. The first kappa shape index (κ1) is 11.2. The first-order valence-corrected chi connectivity index (χ1v) is 6.49. The van der Waals surface area contributed by atoms with E-state index in [0.717, 1.165) is 28.4 Å². The molecule has 7 heteroatoms. The van der Waals surface area contributed by atoms with Crippen LogP contribution < -0.4 is 10.2 Å². The van der Waals surface area contributed by atoms with Gasteiger partial charge < -0.3 is 10.2 Å². The Labute approximate surface area is 105 Å². The summed E-state index contributed by atoms with van der Waals surface area (Å²) in [5, 5.41) is 4.07. The minimum atomic E-state index is 0.0370. The number of thiazole rings is 1. The second kappa shape index (κ2) is 4.67. The first-order valence-electron chi connectivity index (χ1n) is 4.50. The Bertz CT molecular complexity index is 364. The van der Waals surface area contributed by atoms with Crippen LogP contribution in [0.1, 0.15) is 6.42 Å². The molecule has 2 heterocycles. The number of rotatable bonds is 1. The smallest absolute Gasteiger partial charge is 0.239 e. The van der Waals surface area contributed by atoms with Gasteiger partial charge in [0.2, 0.25) is 5.91 Å². The van der Waals surface area contributed by atoms with Crippen LogP contribution >= 0.6 is 38.9 Å². The molecule has 1 saturated heterocycles. The molecule has 1 aliphatic rings. The molecule has 0 radical (unpaired) electrons. The van der Waals surface area contributed by atoms with E-state index in [4.69, 9.17) is 11.6 Å². The summed E-state index contributed by atoms with van der Waals surface area (Å²) in [6, 6.07) is 0. The number of nitrogens with one attached hydrogen (secondary N) is 1. The SMILES string of the molecule is O=C1CN(c2nc(Cl)c(Br)s2)CCCN1. The second-order valence-electron chi connectivity index (χ2n) is 3.19. The quantitative estimate of drug-likeness (QED) is 0.861. The fourth-order valence-corrected chi connectivity index (χ4v) is 2.86. The van der Waals surface area contributed by atoms with Crippen molar-refractivity contribution in [1.29, 1.82) is 0 Å². The summed E-state index contributed by atoms with van der Waals surface area (Å²) in [7, 11) is 0. The van der Waals surface area contributed by atoms with Crippen molar-refractivity contribution in [2.75, 3.05) is 24.5 Å². The van der Waals surface area contributed by atoms with Crippen LogP contribution in [0.4, 0.5) is 5.13 Å². The molecule has 2 rings (SSSR count). The molecular weight excluding hydrogens is 302 g/mol. The molecule has 0 bridgehead atoms. The average Bonchev–Trinajstić information content (AvgIpc) is 2.41. The van der Waals surface area contributed by atoms with Gasteiger partial charge in [-0.2, -0.15) is 0 Å². The molecular formula is C8H9BrClN3OS. The van der Waals surface area contributed by atoms with Crippen molar-refractivity contribution in [3.63, 3.8) is 0 Å². The molecule has 1 amide bonds. The van der Waals surface area contributed by atoms with E-state index in [9.17, 15) is 4.79 Å². The highest BCUT2D eigenvalue weighted by molar-refractivity contribution is 9.11. The van der Waals surface area contributed by atoms with Crippen molar-refractivity contribution in [2.45, 2.75) is 6.42 Å². The van der Waals surface area contributed by atoms with Crippen molar-refractivity contribution in [3.8, 4) is 0 Å². The predicted octanol–water partition coefficient (Wildman–Crippen LogP) is 1.89. The summed E-state index contributed by atoms with van der Waals surface area (Å²) in [5.74, 6) is 0.0370. The van der Waals surface area contributed by atoms with Crippen LogP contribution in [0.3, 0.4) is 0 Å². The minimum Gasteiger partial charge on any atom is -0.354 e. The monoisotopic (exact) mass is 309 g/mol. The van der Waals surface area contributed by atoms with E-state index in [2.05, 4.69) is 26.2 Å². The fraction of sp³-hybridized carbons (Fsp3) is 0.500. The van der Waals surface area contributed by atoms with Crippen LogP contribution in [-0.4, -0.2) is 30.5 Å². The highest BCUT2D eigenvalue weighted by Gasteiger charge is 2.18. The topological polar surface area (TPSA) is 45.2 Å². The maximum absolute atomic E-state index is 11.3. The molecule has 15 heavy (non-hydrogen) atoms. The largest absolute Gasteiger partial charge is 0.354 e. The van der Waals surface area contributed by atoms with Gasteiger partial charge in [0.05, 0.1) is 6.54 Å². The zero-order valence-electron chi connectivity index (χ0n) is 7.80. The van der Waals surface area contributed by atoms with Gasteiger partial charge in [-0.05, 0) is 22.4 Å². The zero-order chi connectivity index (χ0) is 10.8. The molecule has 0 aromatic carbocycles. The normalized spacial score (nSPS) is 17.5. The van der Waals surface area contributed by atoms with Crippen LogP contribution in [0, 0.1) is 0 Å². The lowest BCUT2D eigenvalue weighted by Gasteiger charge is -2.16. The molecule has 82 valence electrons. The first-order chi connectivity index (χ1) is 7.16. The van der Waals surface area contributed by atoms with Crippen LogP contribution in [0.2, 0.25) is 5.15 Å². The molecule has 0 spiro atoms. The molecule has 1 aromatic rings. The molecule has 0 aliphatic carbocycles. The van der Waals surface area contributed by atoms with E-state index < -0.39 is 0 Å². The standard InChI is InChI=1S/C8H9BrClN3OS/c9-6-7(10)12-8(15-6)13-3-1-2-11-5(14)4-13/h1-4H2,(H,11,14). The van der Waals surface area contributed by atoms with Crippen molar-refractivity contribution >= 4 is 49.9 Å². The van der Waals surface area contributed by atoms with Gasteiger partial charge in [0.25, 0.3) is 0 Å². The van der Waals surface area contributed by atoms with E-state index in [0.29, 0.717) is 11.7 Å². The number of nitrogens with zero attached hydrogens (tertiary/aromatic N) is 2. The lowest BCUT2D eigenvalue weighted by Crippen LogP contribution is -2.32. The third-order valence-corrected chi connectivity index (χ3v) is 4.45. The Balaban J connectivity index is 2.18. The van der Waals surface area contributed by atoms with Gasteiger partial charge in [-0.1, -0.05) is 22.9 Å². The van der Waals surface area contributed by atoms with Gasteiger partial charge >= 0.3 is 0 Å². The Kier molecular flexibility index (Phi) is 3.48. The molecule has 1 fully saturated rings. The van der Waals surface area contributed by atoms with Gasteiger partial charge in [0.1, 0.15) is 3.79 Å². The predicted molar refractivity (Wildman–Crippen MR) is 64.7 cm³/mol. The van der Waals surface area contributed by atoms with Crippen LogP contribution in [0.5, 0.6) is 0 Å². The summed E-state index contributed by atoms with van der Waals surface area (Å²) in [6.45, 7) is 1.92. The average molecular weight is 311 g/mol. The van der Waals surface area contributed by atoms with Gasteiger partial charge in [0.15, 0.2) is 10.3 Å². The summed E-state index contributed by atoms with van der Waals surface area (Å²) in [4.78, 5) is 17.5. The van der Waals surface area contributed by atoms with Gasteiger partial charge in [-0.25, -0.2) is 4.98 Å². The number of halogens is 2. The van der Waals surface area contributed by atoms with Crippen LogP contribution in [0.15, 0.2) is 3.79 Å². The Morgan fingerprint density at radius 1 is 1.60 bits per heavy atom. The highest BCUT2D eigenvalue weighted by Crippen LogP contribution is 2.34. The lowest BCUT2D eigenvalue weighted by molar-refractivity contribution is -0.119. The van der Waals surface area contributed by atoms with Crippen LogP contribution in [-0.2, 0) is 4.79 Å². The number of amides is 1. The molecule has 1 N–H and O–H groups in total. The Morgan fingerprint density at radius 3 is 3.07 bits per heavy atom. The molecule has 0 saturated carbocycles. The van der Waals surface area contributed by atoms with E-state index >= 15 is 0 Å². The van der Waals surface area contributed by atoms with Gasteiger partial charge in [-0.3, -0.25) is 4.79 Å². The van der Waals surface area contributed by atoms with Crippen molar-refractivity contribution in [2.24, 2.45) is 0 Å². The summed E-state index contributed by atoms with van der Waals surface area (Å²) in [5.41, 5.74) is 0. The summed E-state index contributed by atoms with van der Waals surface area (Å²) < 4.78 is 0.809. The minimum absolute atomic E-state index is 0.0370. The number of carbonyl (C=O) groups excluding carboxylic acids is 1. The number of aromatic nitrogens is 1. The summed E-state index contributed by atoms with van der Waals surface area (Å²) in [6.07, 6.45) is 0.931. The Hall–Kier alpha value is -0.330. The van der Waals surface area contributed by atoms with E-state index in [1.807, 2.05) is 4.90 Å². The van der Waals surface area contributed by atoms with Gasteiger partial charge in [-0.15, -0.1) is 0 Å². The molecule has 1 aromatic heterocycles. The van der Waals surface area contributed by atoms with Gasteiger partial charge in [0, 0.05) is 13.1 Å². The van der Waals surface area contributed by atoms with Crippen LogP contribution in [0.25, 0.3) is 0 Å². The number of carbonyl (C=O) groups is 1. The molecule has 4 nitrogen and oxygen atoms in total. The van der Waals surface area contributed by atoms with Crippen molar-refractivity contribution in [1.82, 2.24) is 10.3 Å². The molecule has 1 aliphatic heterocycles. The van der Waals surface area contributed by atoms with Crippen molar-refractivity contribution < 1.29 is 4.79 Å². The highest BCUT2D eigenvalue weighted by atomic mass is 79.9. The molecule has 0 atom stereocenters. The lowest BCUT2D eigenvalue weighted by atomic mass is 10.4. The van der Waals surface area contributed by atoms with E-state index in [-0.39, 0.29) is 5.91 Å². The van der Waals surface area contributed by atoms with E-state index in [1.165, 1.54) is 11.3 Å². The van der Waals surface area contributed by atoms with E-state index in [1.54, 1.807) is 0 Å². The third-order valence-electron chi connectivity index (χ3n) is 2.07.